The first-order valence-corrected chi connectivity index (χ1v) is 8.05. The van der Waals surface area contributed by atoms with Crippen molar-refractivity contribution in [2.75, 3.05) is 5.32 Å². The van der Waals surface area contributed by atoms with Crippen molar-refractivity contribution in [3.8, 4) is 0 Å². The van der Waals surface area contributed by atoms with Gasteiger partial charge < -0.3 is 15.7 Å². The first-order valence-electron chi connectivity index (χ1n) is 8.05. The summed E-state index contributed by atoms with van der Waals surface area (Å²) >= 11 is 0. The highest BCUT2D eigenvalue weighted by molar-refractivity contribution is 5.96. The largest absolute Gasteiger partial charge is 0.385 e. The van der Waals surface area contributed by atoms with Gasteiger partial charge in [-0.15, -0.1) is 0 Å². The number of hydrogen-bond acceptors (Lipinski definition) is 3. The van der Waals surface area contributed by atoms with E-state index in [1.54, 1.807) is 48.5 Å². The molecule has 0 bridgehead atoms. The van der Waals surface area contributed by atoms with Crippen molar-refractivity contribution in [1.29, 1.82) is 0 Å². The molecule has 5 nitrogen and oxygen atoms in total. The molecule has 2 atom stereocenters. The van der Waals surface area contributed by atoms with Crippen LogP contribution >= 0.6 is 0 Å². The predicted molar refractivity (Wildman–Crippen MR) is 94.5 cm³/mol. The van der Waals surface area contributed by atoms with E-state index in [9.17, 15) is 23.5 Å². The first-order chi connectivity index (χ1) is 12.4. The van der Waals surface area contributed by atoms with Crippen LogP contribution in [0.1, 0.15) is 22.8 Å². The Hall–Kier alpha value is -2.80. The second kappa shape index (κ2) is 9.05. The van der Waals surface area contributed by atoms with Crippen LogP contribution < -0.4 is 10.6 Å². The Kier molecular flexibility index (Phi) is 6.80. The Morgan fingerprint density at radius 3 is 2.38 bits per heavy atom. The number of halogens is 2. The lowest BCUT2D eigenvalue weighted by atomic mass is 10.0. The minimum Gasteiger partial charge on any atom is -0.385 e. The average molecular weight is 362 g/mol. The van der Waals surface area contributed by atoms with Gasteiger partial charge >= 0.3 is 6.03 Å². The fourth-order valence-electron chi connectivity index (χ4n) is 2.45. The van der Waals surface area contributed by atoms with Crippen LogP contribution in [0, 0.1) is 0 Å². The highest BCUT2D eigenvalue weighted by Crippen LogP contribution is 2.14. The van der Waals surface area contributed by atoms with Gasteiger partial charge in [-0.2, -0.15) is 0 Å². The van der Waals surface area contributed by atoms with E-state index in [4.69, 9.17) is 0 Å². The van der Waals surface area contributed by atoms with E-state index in [2.05, 4.69) is 10.6 Å². The van der Waals surface area contributed by atoms with Crippen LogP contribution in [-0.2, 0) is 6.42 Å². The number of benzene rings is 2. The number of urea groups is 1. The van der Waals surface area contributed by atoms with Crippen LogP contribution in [0.2, 0.25) is 0 Å². The number of Topliss-reactive ketones (excluding diaryl/α,β-unsaturated/α-hetero) is 1. The number of anilines is 1. The van der Waals surface area contributed by atoms with Gasteiger partial charge in [0.15, 0.2) is 5.78 Å². The zero-order valence-corrected chi connectivity index (χ0v) is 14.2. The summed E-state index contributed by atoms with van der Waals surface area (Å²) in [4.78, 5) is 23.5. The molecule has 0 spiro atoms. The molecule has 26 heavy (non-hydrogen) atoms. The molecule has 0 fully saturated rings. The Labute approximate surface area is 150 Å². The van der Waals surface area contributed by atoms with Crippen LogP contribution in [0.4, 0.5) is 19.3 Å². The molecule has 0 saturated carbocycles. The molecular formula is C19H20F2N2O3. The fraction of sp³-hybridized carbons (Fsp3) is 0.263. The number of carbonyl (C=O) groups excluding carboxylic acids is 2. The number of amides is 2. The summed E-state index contributed by atoms with van der Waals surface area (Å²) < 4.78 is 25.9. The minimum atomic E-state index is -3.00. The second-order valence-corrected chi connectivity index (χ2v) is 5.86. The minimum absolute atomic E-state index is 0.0489. The zero-order valence-electron chi connectivity index (χ0n) is 14.2. The van der Waals surface area contributed by atoms with Gasteiger partial charge in [-0.3, -0.25) is 4.79 Å². The summed E-state index contributed by atoms with van der Waals surface area (Å²) in [7, 11) is 0. The van der Waals surface area contributed by atoms with Crippen molar-refractivity contribution in [2.45, 2.75) is 31.9 Å². The van der Waals surface area contributed by atoms with Crippen LogP contribution in [-0.4, -0.2) is 35.5 Å². The van der Waals surface area contributed by atoms with Gasteiger partial charge in [0, 0.05) is 11.3 Å². The molecule has 0 aliphatic rings. The van der Waals surface area contributed by atoms with E-state index in [1.165, 1.54) is 13.0 Å². The number of aliphatic hydroxyl groups excluding tert-OH is 1. The van der Waals surface area contributed by atoms with Crippen LogP contribution in [0.25, 0.3) is 0 Å². The summed E-state index contributed by atoms with van der Waals surface area (Å²) in [6.07, 6.45) is -4.96. The third kappa shape index (κ3) is 5.63. The summed E-state index contributed by atoms with van der Waals surface area (Å²) in [5.74, 6) is -0.163. The van der Waals surface area contributed by atoms with E-state index < -0.39 is 24.6 Å². The summed E-state index contributed by atoms with van der Waals surface area (Å²) in [6, 6.07) is 13.1. The average Bonchev–Trinajstić information content (AvgIpc) is 2.61. The molecule has 0 unspecified atom stereocenters. The van der Waals surface area contributed by atoms with E-state index in [0.717, 1.165) is 0 Å². The SMILES string of the molecule is CC(=O)c1cccc(NC(=O)N[C@@H](Cc2ccccc2)[C@@H](O)C(F)F)c1. The van der Waals surface area contributed by atoms with Gasteiger partial charge in [0.1, 0.15) is 6.10 Å². The van der Waals surface area contributed by atoms with Gasteiger partial charge in [0.2, 0.25) is 0 Å². The summed E-state index contributed by atoms with van der Waals surface area (Å²) in [5, 5.41) is 14.6. The second-order valence-electron chi connectivity index (χ2n) is 5.86. The standard InChI is InChI=1S/C19H20F2N2O3/c1-12(24)14-8-5-9-15(11-14)22-19(26)23-16(17(25)18(20)21)10-13-6-3-2-4-7-13/h2-9,11,16-18,25H,10H2,1H3,(H2,22,23,26)/t16-,17+/m0/s1. The number of nitrogens with one attached hydrogen (secondary N) is 2. The van der Waals surface area contributed by atoms with Gasteiger partial charge in [0.05, 0.1) is 6.04 Å². The molecule has 2 rings (SSSR count). The van der Waals surface area contributed by atoms with E-state index in [-0.39, 0.29) is 12.2 Å². The zero-order chi connectivity index (χ0) is 19.1. The Bertz CT molecular complexity index is 753. The van der Waals surface area contributed by atoms with Crippen LogP contribution in [0.3, 0.4) is 0 Å². The van der Waals surface area contributed by atoms with Crippen molar-refractivity contribution in [3.05, 3.63) is 65.7 Å². The van der Waals surface area contributed by atoms with Crippen LogP contribution in [0.5, 0.6) is 0 Å². The lowest BCUT2D eigenvalue weighted by Crippen LogP contribution is -2.49. The fourth-order valence-corrected chi connectivity index (χ4v) is 2.45. The number of rotatable bonds is 7. The Balaban J connectivity index is 2.08. The molecule has 3 N–H and O–H groups in total. The Morgan fingerprint density at radius 1 is 1.08 bits per heavy atom. The van der Waals surface area contributed by atoms with Crippen molar-refractivity contribution in [2.24, 2.45) is 0 Å². The molecular weight excluding hydrogens is 342 g/mol. The monoisotopic (exact) mass is 362 g/mol. The van der Waals surface area contributed by atoms with Gasteiger partial charge in [-0.1, -0.05) is 42.5 Å². The van der Waals surface area contributed by atoms with Gasteiger partial charge in [-0.05, 0) is 31.0 Å². The maximum absolute atomic E-state index is 12.9. The lowest BCUT2D eigenvalue weighted by Gasteiger charge is -2.24. The molecule has 2 aromatic rings. The van der Waals surface area contributed by atoms with Crippen molar-refractivity contribution < 1.29 is 23.5 Å². The topological polar surface area (TPSA) is 78.4 Å². The molecule has 0 aliphatic heterocycles. The summed E-state index contributed by atoms with van der Waals surface area (Å²) in [6.45, 7) is 1.40. The smallest absolute Gasteiger partial charge is 0.319 e. The molecule has 2 amide bonds. The number of aliphatic hydroxyl groups is 1. The molecule has 2 aromatic carbocycles. The maximum Gasteiger partial charge on any atom is 0.319 e. The number of carbonyl (C=O) groups is 2. The van der Waals surface area contributed by atoms with Crippen molar-refractivity contribution >= 4 is 17.5 Å². The highest BCUT2D eigenvalue weighted by Gasteiger charge is 2.29. The maximum atomic E-state index is 12.9. The Morgan fingerprint density at radius 2 is 1.77 bits per heavy atom. The molecule has 138 valence electrons. The molecule has 0 radical (unpaired) electrons. The first kappa shape index (κ1) is 19.5. The lowest BCUT2D eigenvalue weighted by molar-refractivity contribution is -0.0232. The van der Waals surface area contributed by atoms with E-state index >= 15 is 0 Å². The normalized spacial score (nSPS) is 13.1. The molecule has 7 heteroatoms. The third-order valence-corrected chi connectivity index (χ3v) is 3.81. The number of alkyl halides is 2. The van der Waals surface area contributed by atoms with E-state index in [0.29, 0.717) is 16.8 Å². The predicted octanol–water partition coefficient (Wildman–Crippen LogP) is 3.25. The molecule has 0 saturated heterocycles. The molecule has 0 aromatic heterocycles. The van der Waals surface area contributed by atoms with Crippen molar-refractivity contribution in [3.63, 3.8) is 0 Å². The number of ketones is 1. The molecule has 0 aliphatic carbocycles. The number of hydrogen-bond donors (Lipinski definition) is 3. The third-order valence-electron chi connectivity index (χ3n) is 3.81. The molecule has 0 heterocycles. The van der Waals surface area contributed by atoms with E-state index in [1.807, 2.05) is 0 Å². The van der Waals surface area contributed by atoms with Crippen molar-refractivity contribution in [1.82, 2.24) is 5.32 Å². The van der Waals surface area contributed by atoms with Gasteiger partial charge in [-0.25, -0.2) is 13.6 Å². The van der Waals surface area contributed by atoms with Crippen LogP contribution in [0.15, 0.2) is 54.6 Å². The highest BCUT2D eigenvalue weighted by atomic mass is 19.3. The van der Waals surface area contributed by atoms with Gasteiger partial charge in [0.25, 0.3) is 6.43 Å². The summed E-state index contributed by atoms with van der Waals surface area (Å²) in [5.41, 5.74) is 1.47. The quantitative estimate of drug-likeness (QED) is 0.662.